The quantitative estimate of drug-likeness (QED) is 0.491. The molecule has 3 fully saturated rings. The molecule has 0 spiro atoms. The molecule has 200 valence electrons. The summed E-state index contributed by atoms with van der Waals surface area (Å²) in [5.41, 5.74) is 4.01. The molecule has 0 radical (unpaired) electrons. The number of benzene rings is 1. The Balaban J connectivity index is 0.00000264. The first-order chi connectivity index (χ1) is 17.7. The van der Waals surface area contributed by atoms with Gasteiger partial charge in [-0.1, -0.05) is 25.4 Å². The summed E-state index contributed by atoms with van der Waals surface area (Å²) in [5, 5.41) is 8.47. The molecule has 11 heteroatoms. The predicted octanol–water partition coefficient (Wildman–Crippen LogP) is 3.56. The highest BCUT2D eigenvalue weighted by molar-refractivity contribution is 6.31. The minimum absolute atomic E-state index is 0. The van der Waals surface area contributed by atoms with Crippen LogP contribution in [0.4, 0.5) is 5.69 Å². The van der Waals surface area contributed by atoms with E-state index in [1.54, 1.807) is 4.52 Å². The summed E-state index contributed by atoms with van der Waals surface area (Å²) >= 11 is 6.59. The van der Waals surface area contributed by atoms with Gasteiger partial charge in [0.15, 0.2) is 0 Å². The topological polar surface area (TPSA) is 92.1 Å². The minimum Gasteiger partial charge on any atom is -0.487 e. The van der Waals surface area contributed by atoms with Crippen LogP contribution in [0.25, 0.3) is 16.8 Å². The molecule has 7 rings (SSSR count). The van der Waals surface area contributed by atoms with Crippen LogP contribution in [0, 0.1) is 17.3 Å². The van der Waals surface area contributed by atoms with Crippen LogP contribution in [0.2, 0.25) is 5.02 Å². The maximum atomic E-state index is 12.9. The number of anilines is 1. The van der Waals surface area contributed by atoms with Gasteiger partial charge in [0.05, 0.1) is 36.1 Å². The minimum atomic E-state index is -0.221. The smallest absolute Gasteiger partial charge is 0.233 e. The summed E-state index contributed by atoms with van der Waals surface area (Å²) in [6.07, 6.45) is 4.48. The first kappa shape index (κ1) is 25.4. The number of fused-ring (bicyclic) bond motifs is 3. The molecular formula is C27H30Cl2N6O3. The molecule has 4 aliphatic rings. The van der Waals surface area contributed by atoms with Crippen molar-refractivity contribution in [2.75, 3.05) is 24.5 Å². The van der Waals surface area contributed by atoms with Gasteiger partial charge in [-0.15, -0.1) is 12.4 Å². The lowest BCUT2D eigenvalue weighted by atomic mass is 10.0. The average molecular weight is 557 g/mol. The van der Waals surface area contributed by atoms with Crippen LogP contribution < -0.4 is 15.0 Å². The second kappa shape index (κ2) is 8.83. The summed E-state index contributed by atoms with van der Waals surface area (Å²) in [6.45, 7) is 8.97. The molecular weight excluding hydrogens is 527 g/mol. The van der Waals surface area contributed by atoms with Crippen molar-refractivity contribution >= 4 is 47.0 Å². The van der Waals surface area contributed by atoms with Gasteiger partial charge in [0.1, 0.15) is 23.9 Å². The van der Waals surface area contributed by atoms with Crippen molar-refractivity contribution in [3.8, 4) is 17.0 Å². The van der Waals surface area contributed by atoms with Crippen molar-refractivity contribution < 1.29 is 14.3 Å². The Labute approximate surface area is 231 Å². The molecule has 38 heavy (non-hydrogen) atoms. The number of piperidine rings is 1. The Bertz CT molecular complexity index is 1440. The first-order valence-electron chi connectivity index (χ1n) is 12.9. The van der Waals surface area contributed by atoms with Gasteiger partial charge in [0.25, 0.3) is 0 Å². The van der Waals surface area contributed by atoms with Gasteiger partial charge < -0.3 is 15.0 Å². The van der Waals surface area contributed by atoms with E-state index in [0.717, 1.165) is 59.8 Å². The van der Waals surface area contributed by atoms with Crippen molar-refractivity contribution in [2.45, 2.75) is 45.9 Å². The predicted molar refractivity (Wildman–Crippen MR) is 146 cm³/mol. The summed E-state index contributed by atoms with van der Waals surface area (Å²) in [5.74, 6) is 0.231. The third-order valence-electron chi connectivity index (χ3n) is 8.53. The Morgan fingerprint density at radius 3 is 2.66 bits per heavy atom. The molecule has 4 atom stereocenters. The van der Waals surface area contributed by atoms with Crippen LogP contribution >= 0.6 is 24.0 Å². The average Bonchev–Trinajstić information content (AvgIpc) is 3.32. The van der Waals surface area contributed by atoms with E-state index in [1.165, 1.54) is 11.2 Å². The maximum absolute atomic E-state index is 12.9. The van der Waals surface area contributed by atoms with E-state index in [9.17, 15) is 9.59 Å². The van der Waals surface area contributed by atoms with Crippen LogP contribution in [0.3, 0.4) is 0 Å². The number of hydrogen-bond acceptors (Lipinski definition) is 7. The van der Waals surface area contributed by atoms with Gasteiger partial charge in [0, 0.05) is 35.4 Å². The van der Waals surface area contributed by atoms with Crippen LogP contribution in [-0.2, 0) is 16.1 Å². The number of halogens is 2. The van der Waals surface area contributed by atoms with Crippen molar-refractivity contribution in [3.05, 3.63) is 41.3 Å². The van der Waals surface area contributed by atoms with E-state index in [2.05, 4.69) is 27.2 Å². The van der Waals surface area contributed by atoms with Crippen molar-refractivity contribution in [1.82, 2.24) is 24.8 Å². The summed E-state index contributed by atoms with van der Waals surface area (Å²) in [4.78, 5) is 34.3. The number of amides is 2. The second-order valence-corrected chi connectivity index (χ2v) is 11.8. The molecule has 9 nitrogen and oxygen atoms in total. The highest BCUT2D eigenvalue weighted by Crippen LogP contribution is 2.63. The first-order valence-corrected chi connectivity index (χ1v) is 13.3. The molecule has 0 bridgehead atoms. The SMILES string of the molecule is C[C@@H]1CN(C2CCNC2)c2c(cc(Cl)cc2-c2ncnn3cc(CN4C(=O)C5C(C4=O)C5(C)C)cc23)O1.Cl. The molecule has 3 aromatic rings. The highest BCUT2D eigenvalue weighted by atomic mass is 35.5. The summed E-state index contributed by atoms with van der Waals surface area (Å²) in [6, 6.07) is 6.14. The zero-order valence-electron chi connectivity index (χ0n) is 21.5. The van der Waals surface area contributed by atoms with Crippen molar-refractivity contribution in [1.29, 1.82) is 0 Å². The second-order valence-electron chi connectivity index (χ2n) is 11.4. The van der Waals surface area contributed by atoms with Crippen LogP contribution in [-0.4, -0.2) is 63.1 Å². The zero-order chi connectivity index (χ0) is 25.6. The molecule has 2 amide bonds. The standard InChI is InChI=1S/C27H29ClN6O3.ClH/c1-14-10-32(17-4-5-29-9-17)24-18(7-16(28)8-20(24)37-14)23-19-6-15(12-34(19)31-13-30-23)11-33-25(35)21-22(26(33)36)27(21,2)3;/h6-8,12-14,17,21-22,29H,4-5,9-11H2,1-3H3;1H/t14-,17?,21?,22?;/m1./s1. The van der Waals surface area contributed by atoms with E-state index >= 15 is 0 Å². The Morgan fingerprint density at radius 1 is 1.18 bits per heavy atom. The molecule has 2 saturated heterocycles. The third-order valence-corrected chi connectivity index (χ3v) is 8.75. The Morgan fingerprint density at radius 2 is 1.95 bits per heavy atom. The third kappa shape index (κ3) is 3.70. The van der Waals surface area contributed by atoms with E-state index in [4.69, 9.17) is 16.3 Å². The summed E-state index contributed by atoms with van der Waals surface area (Å²) in [7, 11) is 0. The number of carbonyl (C=O) groups is 2. The lowest BCUT2D eigenvalue weighted by Gasteiger charge is -2.40. The number of likely N-dealkylation sites (tertiary alicyclic amines) is 1. The van der Waals surface area contributed by atoms with Crippen LogP contribution in [0.1, 0.15) is 32.8 Å². The fourth-order valence-corrected chi connectivity index (χ4v) is 6.83. The van der Waals surface area contributed by atoms with E-state index in [-0.39, 0.29) is 54.1 Å². The highest BCUT2D eigenvalue weighted by Gasteiger charge is 2.72. The molecule has 3 unspecified atom stereocenters. The number of rotatable bonds is 4. The van der Waals surface area contributed by atoms with Gasteiger partial charge in [0.2, 0.25) is 11.8 Å². The molecule has 1 saturated carbocycles. The van der Waals surface area contributed by atoms with Crippen molar-refractivity contribution in [3.63, 3.8) is 0 Å². The maximum Gasteiger partial charge on any atom is 0.233 e. The lowest BCUT2D eigenvalue weighted by molar-refractivity contribution is -0.143. The largest absolute Gasteiger partial charge is 0.487 e. The zero-order valence-corrected chi connectivity index (χ0v) is 23.1. The molecule has 3 aliphatic heterocycles. The lowest BCUT2D eigenvalue weighted by Crippen LogP contribution is -2.46. The van der Waals surface area contributed by atoms with Gasteiger partial charge in [-0.05, 0) is 43.0 Å². The number of carbonyl (C=O) groups excluding carboxylic acids is 2. The van der Waals surface area contributed by atoms with Gasteiger partial charge in [-0.3, -0.25) is 14.5 Å². The van der Waals surface area contributed by atoms with E-state index < -0.39 is 0 Å². The van der Waals surface area contributed by atoms with Crippen LogP contribution in [0.5, 0.6) is 5.75 Å². The molecule has 2 aromatic heterocycles. The molecule has 1 aliphatic carbocycles. The molecule has 1 N–H and O–H groups in total. The van der Waals surface area contributed by atoms with Gasteiger partial charge in [-0.2, -0.15) is 5.10 Å². The normalized spacial score (nSPS) is 27.3. The number of ether oxygens (including phenoxy) is 1. The van der Waals surface area contributed by atoms with E-state index in [0.29, 0.717) is 11.1 Å². The monoisotopic (exact) mass is 556 g/mol. The Kier molecular flexibility index (Phi) is 5.90. The fraction of sp³-hybridized carbons (Fsp3) is 0.481. The number of hydrogen-bond donors (Lipinski definition) is 1. The summed E-state index contributed by atoms with van der Waals surface area (Å²) < 4.78 is 8.01. The van der Waals surface area contributed by atoms with Gasteiger partial charge >= 0.3 is 0 Å². The van der Waals surface area contributed by atoms with E-state index in [1.807, 2.05) is 38.2 Å². The number of nitrogens with one attached hydrogen (secondary N) is 1. The van der Waals surface area contributed by atoms with Gasteiger partial charge in [-0.25, -0.2) is 9.50 Å². The van der Waals surface area contributed by atoms with Crippen molar-refractivity contribution in [2.24, 2.45) is 17.3 Å². The molecule has 5 heterocycles. The fourth-order valence-electron chi connectivity index (χ4n) is 6.62. The molecule has 1 aromatic carbocycles. The number of nitrogens with zero attached hydrogens (tertiary/aromatic N) is 5. The van der Waals surface area contributed by atoms with Crippen LogP contribution in [0.15, 0.2) is 30.7 Å². The Hall–Kier alpha value is -2.88. The number of aromatic nitrogens is 3. The number of imide groups is 1.